The maximum atomic E-state index is 7.48. The average molecular weight is 499 g/mol. The van der Waals surface area contributed by atoms with E-state index in [1.54, 1.807) is 0 Å². The van der Waals surface area contributed by atoms with Gasteiger partial charge in [-0.2, -0.15) is 0 Å². The Morgan fingerprint density at radius 1 is 0.452 bits per heavy atom. The molecular formula is C24H50O3Si4. The monoisotopic (exact) mass is 498 g/mol. The molecule has 1 aromatic rings. The van der Waals surface area contributed by atoms with Crippen molar-refractivity contribution in [2.75, 3.05) is 0 Å². The van der Waals surface area contributed by atoms with Gasteiger partial charge in [-0.05, 0) is 54.4 Å². The lowest BCUT2D eigenvalue weighted by Crippen LogP contribution is -2.70. The molecule has 0 radical (unpaired) electrons. The predicted octanol–water partition coefficient (Wildman–Crippen LogP) is 7.90. The SMILES string of the molecule is CC[Si](CC)(CC)O[Si](O[Si](CC)(CC)CC)(O[Si](CC)(CC)CC)c1ccccc1. The number of rotatable bonds is 16. The Morgan fingerprint density at radius 3 is 0.935 bits per heavy atom. The molecule has 0 bridgehead atoms. The second-order valence-electron chi connectivity index (χ2n) is 8.96. The van der Waals surface area contributed by atoms with E-state index in [9.17, 15) is 0 Å². The summed E-state index contributed by atoms with van der Waals surface area (Å²) in [6, 6.07) is 20.9. The van der Waals surface area contributed by atoms with Gasteiger partial charge in [0, 0.05) is 5.19 Å². The van der Waals surface area contributed by atoms with Gasteiger partial charge in [0.15, 0.2) is 25.0 Å². The van der Waals surface area contributed by atoms with Crippen LogP contribution in [0.1, 0.15) is 62.3 Å². The Bertz CT molecular complexity index is 535. The largest absolute Gasteiger partial charge is 0.505 e. The van der Waals surface area contributed by atoms with Gasteiger partial charge in [-0.25, -0.2) is 0 Å². The molecule has 0 saturated carbocycles. The van der Waals surface area contributed by atoms with Gasteiger partial charge in [0.05, 0.1) is 0 Å². The minimum atomic E-state index is -3.08. The molecule has 0 aliphatic heterocycles. The lowest BCUT2D eigenvalue weighted by molar-refractivity contribution is 0.259. The Morgan fingerprint density at radius 2 is 0.710 bits per heavy atom. The van der Waals surface area contributed by atoms with Crippen molar-refractivity contribution in [3.8, 4) is 0 Å². The van der Waals surface area contributed by atoms with Gasteiger partial charge in [0.1, 0.15) is 0 Å². The molecule has 0 fully saturated rings. The highest BCUT2D eigenvalue weighted by molar-refractivity contribution is 6.97. The molecule has 0 atom stereocenters. The minimum absolute atomic E-state index is 1.12. The Hall–Kier alpha value is -0.0325. The maximum Gasteiger partial charge on any atom is 0.505 e. The molecule has 0 aliphatic carbocycles. The topological polar surface area (TPSA) is 27.7 Å². The van der Waals surface area contributed by atoms with Crippen molar-refractivity contribution in [3.63, 3.8) is 0 Å². The van der Waals surface area contributed by atoms with Crippen LogP contribution in [0.25, 0.3) is 0 Å². The van der Waals surface area contributed by atoms with E-state index in [1.165, 1.54) is 5.19 Å². The van der Waals surface area contributed by atoms with Crippen LogP contribution < -0.4 is 5.19 Å². The molecule has 0 aromatic heterocycles. The Labute approximate surface area is 198 Å². The van der Waals surface area contributed by atoms with Crippen LogP contribution in [0.3, 0.4) is 0 Å². The lowest BCUT2D eigenvalue weighted by atomic mass is 10.4. The van der Waals surface area contributed by atoms with Crippen molar-refractivity contribution >= 4 is 38.9 Å². The van der Waals surface area contributed by atoms with E-state index in [2.05, 4.69) is 92.6 Å². The Kier molecular flexibility index (Phi) is 12.2. The summed E-state index contributed by atoms with van der Waals surface area (Å²) in [6.45, 7) is 20.9. The third kappa shape index (κ3) is 6.74. The molecule has 1 rings (SSSR count). The summed E-state index contributed by atoms with van der Waals surface area (Å²) in [5.74, 6) is 0. The second kappa shape index (κ2) is 13.0. The van der Waals surface area contributed by atoms with E-state index in [0.29, 0.717) is 0 Å². The molecule has 180 valence electrons. The molecular weight excluding hydrogens is 449 g/mol. The quantitative estimate of drug-likeness (QED) is 0.217. The number of hydrogen-bond acceptors (Lipinski definition) is 3. The summed E-state index contributed by atoms with van der Waals surface area (Å²) in [4.78, 5) is 0. The van der Waals surface area contributed by atoms with Gasteiger partial charge < -0.3 is 12.3 Å². The molecule has 7 heteroatoms. The smallest absolute Gasteiger partial charge is 0.413 e. The average Bonchev–Trinajstić information content (AvgIpc) is 2.85. The van der Waals surface area contributed by atoms with Crippen molar-refractivity contribution in [1.29, 1.82) is 0 Å². The molecule has 0 saturated heterocycles. The Balaban J connectivity index is 3.82. The highest BCUT2D eigenvalue weighted by atomic mass is 28.5. The number of hydrogen-bond donors (Lipinski definition) is 0. The van der Waals surface area contributed by atoms with Crippen molar-refractivity contribution in [1.82, 2.24) is 0 Å². The van der Waals surface area contributed by atoms with Crippen LogP contribution in [0.5, 0.6) is 0 Å². The van der Waals surface area contributed by atoms with Crippen molar-refractivity contribution in [3.05, 3.63) is 30.3 Å². The summed E-state index contributed by atoms with van der Waals surface area (Å²) < 4.78 is 22.5. The molecule has 0 aliphatic rings. The number of benzene rings is 1. The molecule has 0 amide bonds. The zero-order valence-corrected chi connectivity index (χ0v) is 26.0. The van der Waals surface area contributed by atoms with Crippen LogP contribution in [0, 0.1) is 0 Å². The van der Waals surface area contributed by atoms with Crippen LogP contribution in [-0.2, 0) is 12.3 Å². The summed E-state index contributed by atoms with van der Waals surface area (Å²) in [7, 11) is -8.95. The highest BCUT2D eigenvalue weighted by Crippen LogP contribution is 2.36. The first-order chi connectivity index (χ1) is 14.8. The van der Waals surface area contributed by atoms with E-state index >= 15 is 0 Å². The normalized spacial score (nSPS) is 13.6. The van der Waals surface area contributed by atoms with Crippen LogP contribution in [0.2, 0.25) is 54.4 Å². The third-order valence-electron chi connectivity index (χ3n) is 7.98. The molecule has 31 heavy (non-hydrogen) atoms. The lowest BCUT2D eigenvalue weighted by Gasteiger charge is -2.48. The van der Waals surface area contributed by atoms with Crippen molar-refractivity contribution in [2.24, 2.45) is 0 Å². The fourth-order valence-electron chi connectivity index (χ4n) is 4.64. The van der Waals surface area contributed by atoms with Crippen LogP contribution in [0.4, 0.5) is 0 Å². The first kappa shape index (κ1) is 29.0. The standard InChI is InChI=1S/C24H50O3Si4/c1-10-28(11-2,12-3)25-31(24-22-20-19-21-23-24,26-29(13-4,14-5)15-6)27-30(16-7,17-8)18-9/h19-23H,10-18H2,1-9H3. The molecule has 0 unspecified atom stereocenters. The summed E-state index contributed by atoms with van der Waals surface area (Å²) in [5.41, 5.74) is 0. The summed E-state index contributed by atoms with van der Waals surface area (Å²) in [5, 5.41) is 1.20. The first-order valence-corrected chi connectivity index (χ1v) is 22.2. The molecule has 3 nitrogen and oxygen atoms in total. The maximum absolute atomic E-state index is 7.48. The van der Waals surface area contributed by atoms with Gasteiger partial charge in [-0.15, -0.1) is 0 Å². The predicted molar refractivity (Wildman–Crippen MR) is 147 cm³/mol. The van der Waals surface area contributed by atoms with E-state index in [0.717, 1.165) is 54.4 Å². The zero-order chi connectivity index (χ0) is 23.6. The van der Waals surface area contributed by atoms with E-state index < -0.39 is 33.8 Å². The molecule has 1 aromatic carbocycles. The van der Waals surface area contributed by atoms with E-state index in [1.807, 2.05) is 0 Å². The summed E-state index contributed by atoms with van der Waals surface area (Å²) in [6.07, 6.45) is 0. The fraction of sp³-hybridized carbons (Fsp3) is 0.750. The van der Waals surface area contributed by atoms with Crippen LogP contribution >= 0.6 is 0 Å². The van der Waals surface area contributed by atoms with Gasteiger partial charge in [-0.1, -0.05) is 92.6 Å². The van der Waals surface area contributed by atoms with E-state index in [-0.39, 0.29) is 0 Å². The van der Waals surface area contributed by atoms with Gasteiger partial charge in [0.25, 0.3) is 0 Å². The highest BCUT2D eigenvalue weighted by Gasteiger charge is 2.56. The molecule has 0 spiro atoms. The van der Waals surface area contributed by atoms with Gasteiger partial charge >= 0.3 is 8.80 Å². The van der Waals surface area contributed by atoms with Crippen LogP contribution in [0.15, 0.2) is 30.3 Å². The van der Waals surface area contributed by atoms with E-state index in [4.69, 9.17) is 12.3 Å². The zero-order valence-electron chi connectivity index (χ0n) is 22.0. The first-order valence-electron chi connectivity index (χ1n) is 12.9. The fourth-order valence-corrected chi connectivity index (χ4v) is 24.8. The van der Waals surface area contributed by atoms with Gasteiger partial charge in [0.2, 0.25) is 0 Å². The van der Waals surface area contributed by atoms with Gasteiger partial charge in [-0.3, -0.25) is 0 Å². The summed E-state index contributed by atoms with van der Waals surface area (Å²) >= 11 is 0. The van der Waals surface area contributed by atoms with Crippen molar-refractivity contribution < 1.29 is 12.3 Å². The van der Waals surface area contributed by atoms with Crippen LogP contribution in [-0.4, -0.2) is 33.8 Å². The van der Waals surface area contributed by atoms with Crippen molar-refractivity contribution in [2.45, 2.75) is 117 Å². The molecule has 0 N–H and O–H groups in total. The minimum Gasteiger partial charge on any atom is -0.413 e. The molecule has 0 heterocycles. The second-order valence-corrected chi connectivity index (χ2v) is 26.6. The third-order valence-corrected chi connectivity index (χ3v) is 29.0.